The van der Waals surface area contributed by atoms with E-state index in [4.69, 9.17) is 9.57 Å². The van der Waals surface area contributed by atoms with E-state index >= 15 is 0 Å². The number of carbonyl (C=O) groups excluding carboxylic acids is 1. The second kappa shape index (κ2) is 11.1. The third-order valence-corrected chi connectivity index (χ3v) is 11.7. The zero-order valence-electron chi connectivity index (χ0n) is 24.8. The fraction of sp³-hybridized carbons (Fsp3) is 0.788. The van der Waals surface area contributed by atoms with Gasteiger partial charge in [0.25, 0.3) is 0 Å². The summed E-state index contributed by atoms with van der Waals surface area (Å²) in [4.78, 5) is 17.3. The lowest BCUT2D eigenvalue weighted by Crippen LogP contribution is -2.51. The Kier molecular flexibility index (Phi) is 8.16. The Morgan fingerprint density at radius 2 is 1.77 bits per heavy atom. The summed E-state index contributed by atoms with van der Waals surface area (Å²) >= 11 is 0. The molecule has 6 nitrogen and oxygen atoms in total. The maximum Gasteiger partial charge on any atom is 0.358 e. The van der Waals surface area contributed by atoms with Gasteiger partial charge < -0.3 is 19.8 Å². The van der Waals surface area contributed by atoms with Crippen molar-refractivity contribution in [3.05, 3.63) is 23.8 Å². The fourth-order valence-electron chi connectivity index (χ4n) is 9.60. The fourth-order valence-corrected chi connectivity index (χ4v) is 9.60. The minimum atomic E-state index is -0.636. The lowest BCUT2D eigenvalue weighted by atomic mass is 9.47. The second-order valence-electron chi connectivity index (χ2n) is 14.3. The molecule has 39 heavy (non-hydrogen) atoms. The van der Waals surface area contributed by atoms with Crippen molar-refractivity contribution in [2.45, 2.75) is 111 Å². The van der Waals surface area contributed by atoms with Crippen LogP contribution in [0.3, 0.4) is 0 Å². The zero-order valence-corrected chi connectivity index (χ0v) is 24.8. The molecule has 0 aromatic carbocycles. The van der Waals surface area contributed by atoms with Gasteiger partial charge in [0, 0.05) is 12.1 Å². The van der Waals surface area contributed by atoms with E-state index in [1.165, 1.54) is 69.1 Å². The van der Waals surface area contributed by atoms with E-state index in [0.717, 1.165) is 54.8 Å². The molecule has 0 bridgehead atoms. The minimum absolute atomic E-state index is 0.00307. The molecular weight excluding hydrogens is 490 g/mol. The normalized spacial score (nSPS) is 36.6. The van der Waals surface area contributed by atoms with Crippen LogP contribution in [0.1, 0.15) is 105 Å². The highest BCUT2D eigenvalue weighted by molar-refractivity contribution is 5.71. The van der Waals surface area contributed by atoms with Gasteiger partial charge in [-0.3, -0.25) is 0 Å². The molecule has 4 aliphatic rings. The predicted molar refractivity (Wildman–Crippen MR) is 152 cm³/mol. The van der Waals surface area contributed by atoms with Crippen LogP contribution in [0.5, 0.6) is 11.8 Å². The average molecular weight is 542 g/mol. The van der Waals surface area contributed by atoms with Crippen molar-refractivity contribution in [3.63, 3.8) is 0 Å². The van der Waals surface area contributed by atoms with Crippen LogP contribution in [0.4, 0.5) is 0 Å². The Labute approximate surface area is 235 Å². The Balaban J connectivity index is 1.19. The first-order valence-corrected chi connectivity index (χ1v) is 15.6. The highest BCUT2D eigenvalue weighted by Crippen LogP contribution is 2.67. The van der Waals surface area contributed by atoms with Gasteiger partial charge in [-0.1, -0.05) is 65.5 Å². The molecule has 0 radical (unpaired) electrons. The number of aromatic hydroxyl groups is 2. The Hall–Kier alpha value is -1.95. The molecule has 8 atom stereocenters. The molecule has 4 aliphatic carbocycles. The largest absolute Gasteiger partial charge is 0.492 e. The molecule has 1 aromatic rings. The summed E-state index contributed by atoms with van der Waals surface area (Å²) in [5.74, 6) is 3.67. The summed E-state index contributed by atoms with van der Waals surface area (Å²) in [7, 11) is 0. The molecule has 3 fully saturated rings. The molecule has 6 heteroatoms. The molecule has 1 aromatic heterocycles. The van der Waals surface area contributed by atoms with Crippen molar-refractivity contribution in [2.75, 3.05) is 6.61 Å². The number of ether oxygens (including phenoxy) is 1. The van der Waals surface area contributed by atoms with E-state index in [0.29, 0.717) is 10.1 Å². The number of rotatable bonds is 9. The van der Waals surface area contributed by atoms with Crippen LogP contribution >= 0.6 is 0 Å². The number of allylic oxidation sites excluding steroid dienone is 1. The SMILES string of the molecule is CC(C)CCC[C@@H](C)[C@H]1CCC2C3CC=C4CC(OCC(=O)On5c(O)ccc5O)CC[C@]4(C)C3CC[C@@]21C. The molecule has 0 amide bonds. The smallest absolute Gasteiger partial charge is 0.358 e. The van der Waals surface area contributed by atoms with E-state index in [9.17, 15) is 15.0 Å². The number of carbonyl (C=O) groups is 1. The molecule has 1 heterocycles. The van der Waals surface area contributed by atoms with Crippen molar-refractivity contribution < 1.29 is 24.6 Å². The Morgan fingerprint density at radius 3 is 2.49 bits per heavy atom. The minimum Gasteiger partial charge on any atom is -0.492 e. The van der Waals surface area contributed by atoms with Crippen molar-refractivity contribution in [2.24, 2.45) is 46.3 Å². The first kappa shape index (κ1) is 28.6. The van der Waals surface area contributed by atoms with E-state index in [1.807, 2.05) is 0 Å². The summed E-state index contributed by atoms with van der Waals surface area (Å²) in [5, 5.41) is 19.4. The van der Waals surface area contributed by atoms with E-state index in [1.54, 1.807) is 0 Å². The van der Waals surface area contributed by atoms with Gasteiger partial charge in [-0.15, -0.1) is 4.73 Å². The standard InChI is InChI=1S/C33H51NO5/c1-21(2)7-6-8-22(3)26-11-12-27-25-10-9-23-19-24(15-17-32(23,4)28(25)16-18-33(26,27)5)38-20-31(37)39-34-29(35)13-14-30(34)36/h9,13-14,21-22,24-28,35-36H,6-8,10-12,15-20H2,1-5H3/t22-,24?,25?,26-,27?,28?,32+,33-/m1/s1. The predicted octanol–water partition coefficient (Wildman–Crippen LogP) is 7.28. The van der Waals surface area contributed by atoms with E-state index in [2.05, 4.69) is 40.7 Å². The lowest BCUT2D eigenvalue weighted by Gasteiger charge is -2.58. The molecule has 0 spiro atoms. The summed E-state index contributed by atoms with van der Waals surface area (Å²) < 4.78 is 6.70. The maximum absolute atomic E-state index is 12.3. The molecule has 0 saturated heterocycles. The third kappa shape index (κ3) is 5.39. The first-order chi connectivity index (χ1) is 18.5. The van der Waals surface area contributed by atoms with Crippen LogP contribution in [0.2, 0.25) is 0 Å². The Morgan fingerprint density at radius 1 is 1.03 bits per heavy atom. The number of hydrogen-bond acceptors (Lipinski definition) is 5. The third-order valence-electron chi connectivity index (χ3n) is 11.7. The van der Waals surface area contributed by atoms with Crippen molar-refractivity contribution in [3.8, 4) is 11.8 Å². The quantitative estimate of drug-likeness (QED) is 0.321. The average Bonchev–Trinajstić information content (AvgIpc) is 3.41. The first-order valence-electron chi connectivity index (χ1n) is 15.6. The van der Waals surface area contributed by atoms with Crippen molar-refractivity contribution in [1.82, 2.24) is 4.73 Å². The van der Waals surface area contributed by atoms with Gasteiger partial charge in [0.1, 0.15) is 6.61 Å². The monoisotopic (exact) mass is 541 g/mol. The number of fused-ring (bicyclic) bond motifs is 5. The molecule has 4 unspecified atom stereocenters. The Bertz CT molecular complexity index is 1040. The highest BCUT2D eigenvalue weighted by Gasteiger charge is 2.59. The van der Waals surface area contributed by atoms with Crippen molar-refractivity contribution >= 4 is 5.97 Å². The molecule has 0 aliphatic heterocycles. The van der Waals surface area contributed by atoms with Gasteiger partial charge in [0.05, 0.1) is 6.10 Å². The van der Waals surface area contributed by atoms with Crippen LogP contribution in [-0.4, -0.2) is 33.6 Å². The van der Waals surface area contributed by atoms with Gasteiger partial charge in [0.15, 0.2) is 0 Å². The van der Waals surface area contributed by atoms with Crippen LogP contribution < -0.4 is 4.84 Å². The van der Waals surface area contributed by atoms with Gasteiger partial charge >= 0.3 is 5.97 Å². The van der Waals surface area contributed by atoms with Gasteiger partial charge in [0.2, 0.25) is 11.8 Å². The number of hydrogen-bond donors (Lipinski definition) is 2. The second-order valence-corrected chi connectivity index (χ2v) is 14.3. The molecule has 218 valence electrons. The van der Waals surface area contributed by atoms with E-state index < -0.39 is 5.97 Å². The maximum atomic E-state index is 12.3. The summed E-state index contributed by atoms with van der Waals surface area (Å²) in [6.07, 6.45) is 16.4. The van der Waals surface area contributed by atoms with Crippen LogP contribution in [-0.2, 0) is 9.53 Å². The molecule has 5 rings (SSSR count). The topological polar surface area (TPSA) is 80.9 Å². The van der Waals surface area contributed by atoms with Gasteiger partial charge in [-0.2, -0.15) is 0 Å². The van der Waals surface area contributed by atoms with Gasteiger partial charge in [-0.25, -0.2) is 4.79 Å². The molecular formula is C33H51NO5. The van der Waals surface area contributed by atoms with Crippen LogP contribution in [0, 0.1) is 46.3 Å². The van der Waals surface area contributed by atoms with Crippen LogP contribution in [0.25, 0.3) is 0 Å². The molecule has 2 N–H and O–H groups in total. The lowest BCUT2D eigenvalue weighted by molar-refractivity contribution is -0.153. The summed E-state index contributed by atoms with van der Waals surface area (Å²) in [6, 6.07) is 2.53. The summed E-state index contributed by atoms with van der Waals surface area (Å²) in [5.41, 5.74) is 2.28. The van der Waals surface area contributed by atoms with E-state index in [-0.39, 0.29) is 29.9 Å². The number of aromatic nitrogens is 1. The zero-order chi connectivity index (χ0) is 27.9. The number of nitrogens with zero attached hydrogens (tertiary/aromatic N) is 1. The van der Waals surface area contributed by atoms with Gasteiger partial charge in [-0.05, 0) is 97.7 Å². The summed E-state index contributed by atoms with van der Waals surface area (Å²) in [6.45, 7) is 12.2. The van der Waals surface area contributed by atoms with Crippen LogP contribution in [0.15, 0.2) is 23.8 Å². The molecule has 3 saturated carbocycles. The van der Waals surface area contributed by atoms with Crippen molar-refractivity contribution in [1.29, 1.82) is 0 Å². The highest BCUT2D eigenvalue weighted by atomic mass is 16.7.